The summed E-state index contributed by atoms with van der Waals surface area (Å²) in [7, 11) is 0. The molecule has 0 N–H and O–H groups in total. The summed E-state index contributed by atoms with van der Waals surface area (Å²) >= 11 is 0. The molecule has 0 aliphatic heterocycles. The average Bonchev–Trinajstić information content (AvgIpc) is 2.66. The van der Waals surface area contributed by atoms with Crippen molar-refractivity contribution in [3.63, 3.8) is 0 Å². The normalized spacial score (nSPS) is 11.6. The van der Waals surface area contributed by atoms with Crippen LogP contribution in [-0.2, 0) is 4.74 Å². The summed E-state index contributed by atoms with van der Waals surface area (Å²) in [6.45, 7) is 0.468. The molecule has 2 nitrogen and oxygen atoms in total. The maximum atomic E-state index is 5.92. The van der Waals surface area contributed by atoms with Gasteiger partial charge in [-0.25, -0.2) is 4.99 Å². The van der Waals surface area contributed by atoms with E-state index < -0.39 is 0 Å². The zero-order valence-corrected chi connectivity index (χ0v) is 13.4. The molecule has 0 heterocycles. The molecule has 0 saturated carbocycles. The van der Waals surface area contributed by atoms with Crippen molar-refractivity contribution in [3.05, 3.63) is 108 Å². The molecule has 0 aromatic heterocycles. The first-order valence-electron chi connectivity index (χ1n) is 7.95. The molecule has 0 atom stereocenters. The molecule has 0 aliphatic rings. The molecular weight excluding hydrogens is 294 g/mol. The first kappa shape index (κ1) is 15.8. The van der Waals surface area contributed by atoms with Gasteiger partial charge in [0, 0.05) is 5.56 Å². The molecule has 0 unspecified atom stereocenters. The summed E-state index contributed by atoms with van der Waals surface area (Å²) in [6.07, 6.45) is 4.05. The quantitative estimate of drug-likeness (QED) is 0.450. The van der Waals surface area contributed by atoms with Crippen LogP contribution in [0.15, 0.2) is 102 Å². The van der Waals surface area contributed by atoms with E-state index in [2.05, 4.69) is 17.1 Å². The summed E-state index contributed by atoms with van der Waals surface area (Å²) in [6, 6.07) is 30.0. The molecule has 24 heavy (non-hydrogen) atoms. The molecular formula is C22H19NO. The lowest BCUT2D eigenvalue weighted by Crippen LogP contribution is -2.06. The average molecular weight is 313 g/mol. The van der Waals surface area contributed by atoms with Crippen molar-refractivity contribution in [1.29, 1.82) is 0 Å². The fourth-order valence-electron chi connectivity index (χ4n) is 2.26. The van der Waals surface area contributed by atoms with Crippen molar-refractivity contribution < 1.29 is 4.74 Å². The molecule has 118 valence electrons. The van der Waals surface area contributed by atoms with E-state index in [1.165, 1.54) is 0 Å². The number of nitrogens with zero attached hydrogens (tertiary/aromatic N) is 1. The summed E-state index contributed by atoms with van der Waals surface area (Å²) in [5.41, 5.74) is 3.00. The van der Waals surface area contributed by atoms with Gasteiger partial charge < -0.3 is 4.74 Å². The van der Waals surface area contributed by atoms with E-state index in [0.717, 1.165) is 16.8 Å². The van der Waals surface area contributed by atoms with E-state index in [4.69, 9.17) is 4.74 Å². The number of hydrogen-bond donors (Lipinski definition) is 0. The molecule has 0 radical (unpaired) electrons. The number of rotatable bonds is 5. The van der Waals surface area contributed by atoms with Gasteiger partial charge in [-0.1, -0.05) is 72.8 Å². The van der Waals surface area contributed by atoms with Gasteiger partial charge in [0.1, 0.15) is 6.61 Å². The second kappa shape index (κ2) is 8.49. The predicted octanol–water partition coefficient (Wildman–Crippen LogP) is 5.49. The minimum Gasteiger partial charge on any atom is -0.473 e. The van der Waals surface area contributed by atoms with Crippen LogP contribution in [0, 0.1) is 0 Å². The van der Waals surface area contributed by atoms with Crippen molar-refractivity contribution >= 4 is 17.7 Å². The smallest absolute Gasteiger partial charge is 0.221 e. The van der Waals surface area contributed by atoms with Crippen molar-refractivity contribution in [2.45, 2.75) is 0 Å². The minimum absolute atomic E-state index is 0.468. The lowest BCUT2D eigenvalue weighted by atomic mass is 10.2. The Balaban J connectivity index is 1.74. The van der Waals surface area contributed by atoms with Gasteiger partial charge in [-0.05, 0) is 35.9 Å². The molecule has 0 fully saturated rings. The van der Waals surface area contributed by atoms with Crippen LogP contribution < -0.4 is 0 Å². The maximum Gasteiger partial charge on any atom is 0.221 e. The third kappa shape index (κ3) is 4.68. The van der Waals surface area contributed by atoms with Crippen LogP contribution in [0.5, 0.6) is 0 Å². The van der Waals surface area contributed by atoms with Crippen LogP contribution in [-0.4, -0.2) is 12.5 Å². The molecule has 0 saturated heterocycles. The van der Waals surface area contributed by atoms with Crippen LogP contribution in [0.1, 0.15) is 11.1 Å². The third-order valence-electron chi connectivity index (χ3n) is 3.43. The SMILES string of the molecule is C(=C\c1ccccc1)/COC(=Nc1ccccc1)c1ccccc1. The molecule has 0 bridgehead atoms. The summed E-state index contributed by atoms with van der Waals surface area (Å²) in [5, 5.41) is 0. The van der Waals surface area contributed by atoms with E-state index in [-0.39, 0.29) is 0 Å². The second-order valence-electron chi connectivity index (χ2n) is 5.24. The Morgan fingerprint density at radius 2 is 1.33 bits per heavy atom. The highest BCUT2D eigenvalue weighted by Gasteiger charge is 2.04. The first-order chi connectivity index (χ1) is 11.9. The fraction of sp³-hybridized carbons (Fsp3) is 0.0455. The molecule has 0 spiro atoms. The first-order valence-corrected chi connectivity index (χ1v) is 7.95. The van der Waals surface area contributed by atoms with Gasteiger partial charge in [-0.3, -0.25) is 0 Å². The molecule has 3 aromatic rings. The Hall–Kier alpha value is -3.13. The van der Waals surface area contributed by atoms with Crippen LogP contribution in [0.25, 0.3) is 6.08 Å². The largest absolute Gasteiger partial charge is 0.473 e. The number of para-hydroxylation sites is 1. The molecule has 2 heteroatoms. The fourth-order valence-corrected chi connectivity index (χ4v) is 2.26. The van der Waals surface area contributed by atoms with E-state index >= 15 is 0 Å². The molecule has 3 aromatic carbocycles. The Morgan fingerprint density at radius 3 is 2.00 bits per heavy atom. The minimum atomic E-state index is 0.468. The maximum absolute atomic E-state index is 5.92. The van der Waals surface area contributed by atoms with E-state index in [9.17, 15) is 0 Å². The van der Waals surface area contributed by atoms with Crippen molar-refractivity contribution in [3.8, 4) is 0 Å². The lowest BCUT2D eigenvalue weighted by molar-refractivity contribution is 0.352. The summed E-state index contributed by atoms with van der Waals surface area (Å²) in [5.74, 6) is 0.625. The summed E-state index contributed by atoms with van der Waals surface area (Å²) in [4.78, 5) is 4.63. The van der Waals surface area contributed by atoms with Crippen molar-refractivity contribution in [2.24, 2.45) is 4.99 Å². The Labute approximate surface area is 142 Å². The van der Waals surface area contributed by atoms with Gasteiger partial charge >= 0.3 is 0 Å². The number of ether oxygens (including phenoxy) is 1. The van der Waals surface area contributed by atoms with Gasteiger partial charge in [-0.2, -0.15) is 0 Å². The second-order valence-corrected chi connectivity index (χ2v) is 5.24. The highest BCUT2D eigenvalue weighted by atomic mass is 16.5. The van der Waals surface area contributed by atoms with E-state index in [1.807, 2.05) is 91.0 Å². The topological polar surface area (TPSA) is 21.6 Å². The van der Waals surface area contributed by atoms with Crippen molar-refractivity contribution in [1.82, 2.24) is 0 Å². The van der Waals surface area contributed by atoms with E-state index in [0.29, 0.717) is 12.5 Å². The number of aliphatic imine (C=N–C) groups is 1. The standard InChI is InChI=1S/C22H19NO/c1-4-11-19(12-5-1)13-10-18-24-22(20-14-6-2-7-15-20)23-21-16-8-3-9-17-21/h1-17H,18H2/b13-10+,23-22?. The highest BCUT2D eigenvalue weighted by Crippen LogP contribution is 2.14. The van der Waals surface area contributed by atoms with Crippen LogP contribution >= 0.6 is 0 Å². The molecule has 0 aliphatic carbocycles. The number of benzene rings is 3. The van der Waals surface area contributed by atoms with Gasteiger partial charge in [0.2, 0.25) is 5.90 Å². The van der Waals surface area contributed by atoms with Crippen LogP contribution in [0.3, 0.4) is 0 Å². The molecule has 0 amide bonds. The highest BCUT2D eigenvalue weighted by molar-refractivity contribution is 5.95. The number of hydrogen-bond acceptors (Lipinski definition) is 2. The van der Waals surface area contributed by atoms with Gasteiger partial charge in [0.25, 0.3) is 0 Å². The Bertz CT molecular complexity index is 793. The van der Waals surface area contributed by atoms with Crippen LogP contribution in [0.2, 0.25) is 0 Å². The monoisotopic (exact) mass is 313 g/mol. The predicted molar refractivity (Wildman–Crippen MR) is 101 cm³/mol. The van der Waals surface area contributed by atoms with Gasteiger partial charge in [0.05, 0.1) is 5.69 Å². The lowest BCUT2D eigenvalue weighted by Gasteiger charge is -2.08. The van der Waals surface area contributed by atoms with Gasteiger partial charge in [-0.15, -0.1) is 0 Å². The van der Waals surface area contributed by atoms with Crippen molar-refractivity contribution in [2.75, 3.05) is 6.61 Å². The summed E-state index contributed by atoms with van der Waals surface area (Å²) < 4.78 is 5.92. The zero-order chi connectivity index (χ0) is 16.5. The third-order valence-corrected chi connectivity index (χ3v) is 3.43. The van der Waals surface area contributed by atoms with Gasteiger partial charge in [0.15, 0.2) is 0 Å². The Kier molecular flexibility index (Phi) is 5.57. The van der Waals surface area contributed by atoms with Crippen LogP contribution in [0.4, 0.5) is 5.69 Å². The Morgan fingerprint density at radius 1 is 0.750 bits per heavy atom. The van der Waals surface area contributed by atoms with E-state index in [1.54, 1.807) is 0 Å². The molecule has 3 rings (SSSR count). The zero-order valence-electron chi connectivity index (χ0n) is 13.4.